The molecular formula is C19H22N2O2. The van der Waals surface area contributed by atoms with E-state index in [0.29, 0.717) is 11.6 Å². The number of nitrogens with one attached hydrogen (secondary N) is 1. The van der Waals surface area contributed by atoms with Crippen molar-refractivity contribution in [2.75, 3.05) is 31.6 Å². The Balaban J connectivity index is 1.77. The first kappa shape index (κ1) is 15.6. The zero-order chi connectivity index (χ0) is 16.1. The van der Waals surface area contributed by atoms with Crippen LogP contribution in [0.1, 0.15) is 15.9 Å². The first-order chi connectivity index (χ1) is 11.3. The first-order valence-electron chi connectivity index (χ1n) is 7.97. The number of piperazine rings is 1. The van der Waals surface area contributed by atoms with Crippen molar-refractivity contribution in [1.29, 1.82) is 0 Å². The quantitative estimate of drug-likeness (QED) is 0.881. The molecule has 4 nitrogen and oxygen atoms in total. The minimum Gasteiger partial charge on any atom is -0.465 e. The predicted octanol–water partition coefficient (Wildman–Crippen LogP) is 2.49. The van der Waals surface area contributed by atoms with Gasteiger partial charge in [0.25, 0.3) is 0 Å². The third-order valence-corrected chi connectivity index (χ3v) is 4.28. The average Bonchev–Trinajstić information content (AvgIpc) is 2.62. The highest BCUT2D eigenvalue weighted by Crippen LogP contribution is 2.21. The molecule has 1 aliphatic heterocycles. The zero-order valence-corrected chi connectivity index (χ0v) is 13.4. The lowest BCUT2D eigenvalue weighted by atomic mass is 10.0. The fourth-order valence-corrected chi connectivity index (χ4v) is 3.08. The summed E-state index contributed by atoms with van der Waals surface area (Å²) in [5.41, 5.74) is 3.09. The van der Waals surface area contributed by atoms with Crippen molar-refractivity contribution in [3.63, 3.8) is 0 Å². The molecule has 0 aromatic heterocycles. The van der Waals surface area contributed by atoms with E-state index in [1.54, 1.807) is 0 Å². The van der Waals surface area contributed by atoms with E-state index in [-0.39, 0.29) is 5.97 Å². The maximum atomic E-state index is 11.6. The number of ether oxygens (including phenoxy) is 1. The Labute approximate surface area is 137 Å². The van der Waals surface area contributed by atoms with E-state index in [0.717, 1.165) is 31.7 Å². The number of benzene rings is 2. The predicted molar refractivity (Wildman–Crippen MR) is 91.9 cm³/mol. The van der Waals surface area contributed by atoms with Crippen LogP contribution in [-0.2, 0) is 11.2 Å². The topological polar surface area (TPSA) is 41.6 Å². The van der Waals surface area contributed by atoms with E-state index < -0.39 is 0 Å². The van der Waals surface area contributed by atoms with Crippen molar-refractivity contribution in [3.05, 3.63) is 65.7 Å². The first-order valence-corrected chi connectivity index (χ1v) is 7.97. The van der Waals surface area contributed by atoms with Crippen molar-refractivity contribution in [2.24, 2.45) is 0 Å². The lowest BCUT2D eigenvalue weighted by Gasteiger charge is -2.38. The van der Waals surface area contributed by atoms with Crippen LogP contribution in [0.3, 0.4) is 0 Å². The van der Waals surface area contributed by atoms with Crippen molar-refractivity contribution < 1.29 is 9.53 Å². The molecule has 0 saturated carbocycles. The second-order valence-corrected chi connectivity index (χ2v) is 5.78. The lowest BCUT2D eigenvalue weighted by Crippen LogP contribution is -2.52. The van der Waals surface area contributed by atoms with Gasteiger partial charge in [0, 0.05) is 31.4 Å². The summed E-state index contributed by atoms with van der Waals surface area (Å²) >= 11 is 0. The van der Waals surface area contributed by atoms with E-state index in [1.165, 1.54) is 12.7 Å². The molecule has 0 bridgehead atoms. The fraction of sp³-hybridized carbons (Fsp3) is 0.316. The number of hydrogen-bond donors (Lipinski definition) is 1. The Bertz CT molecular complexity index is 640. The van der Waals surface area contributed by atoms with Crippen molar-refractivity contribution in [2.45, 2.75) is 12.5 Å². The standard InChI is InChI=1S/C19H22N2O2/c1-23-19(22)16-7-9-17(10-8-16)21-12-11-20-14-18(21)13-15-5-3-2-4-6-15/h2-10,18,20H,11-14H2,1H3. The Hall–Kier alpha value is -2.33. The number of rotatable bonds is 4. The van der Waals surface area contributed by atoms with Gasteiger partial charge in [-0.25, -0.2) is 4.79 Å². The number of esters is 1. The molecule has 1 atom stereocenters. The number of anilines is 1. The molecule has 0 amide bonds. The summed E-state index contributed by atoms with van der Waals surface area (Å²) in [6.07, 6.45) is 1.01. The maximum absolute atomic E-state index is 11.6. The van der Waals surface area contributed by atoms with Gasteiger partial charge >= 0.3 is 5.97 Å². The number of methoxy groups -OCH3 is 1. The fourth-order valence-electron chi connectivity index (χ4n) is 3.08. The van der Waals surface area contributed by atoms with Crippen LogP contribution >= 0.6 is 0 Å². The van der Waals surface area contributed by atoms with E-state index >= 15 is 0 Å². The van der Waals surface area contributed by atoms with Crippen LogP contribution in [0.4, 0.5) is 5.69 Å². The molecule has 0 aliphatic carbocycles. The van der Waals surface area contributed by atoms with Gasteiger partial charge < -0.3 is 15.0 Å². The van der Waals surface area contributed by atoms with Crippen LogP contribution in [0.5, 0.6) is 0 Å². The van der Waals surface area contributed by atoms with Gasteiger partial charge in [0.1, 0.15) is 0 Å². The Morgan fingerprint density at radius 2 is 1.91 bits per heavy atom. The summed E-state index contributed by atoms with van der Waals surface area (Å²) in [5.74, 6) is -0.294. The van der Waals surface area contributed by atoms with Crippen LogP contribution in [0.15, 0.2) is 54.6 Å². The molecule has 0 spiro atoms. The number of hydrogen-bond acceptors (Lipinski definition) is 4. The van der Waals surface area contributed by atoms with E-state index in [1.807, 2.05) is 30.3 Å². The maximum Gasteiger partial charge on any atom is 0.337 e. The summed E-state index contributed by atoms with van der Waals surface area (Å²) in [6, 6.07) is 18.7. The highest BCUT2D eigenvalue weighted by Gasteiger charge is 2.22. The smallest absolute Gasteiger partial charge is 0.337 e. The molecule has 120 valence electrons. The second-order valence-electron chi connectivity index (χ2n) is 5.78. The van der Waals surface area contributed by atoms with Crippen LogP contribution < -0.4 is 10.2 Å². The van der Waals surface area contributed by atoms with Gasteiger partial charge in [-0.3, -0.25) is 0 Å². The number of carbonyl (C=O) groups excluding carboxylic acids is 1. The third kappa shape index (κ3) is 3.71. The minimum absolute atomic E-state index is 0.294. The average molecular weight is 310 g/mol. The molecule has 0 radical (unpaired) electrons. The summed E-state index contributed by atoms with van der Waals surface area (Å²) < 4.78 is 4.76. The Morgan fingerprint density at radius 1 is 1.17 bits per heavy atom. The van der Waals surface area contributed by atoms with Crippen molar-refractivity contribution in [1.82, 2.24) is 5.32 Å². The summed E-state index contributed by atoms with van der Waals surface area (Å²) in [5, 5.41) is 3.48. The summed E-state index contributed by atoms with van der Waals surface area (Å²) in [4.78, 5) is 14.0. The Kier molecular flexibility index (Phi) is 4.93. The third-order valence-electron chi connectivity index (χ3n) is 4.28. The normalized spacial score (nSPS) is 17.8. The number of nitrogens with zero attached hydrogens (tertiary/aromatic N) is 1. The van der Waals surface area contributed by atoms with Gasteiger partial charge in [0.15, 0.2) is 0 Å². The van der Waals surface area contributed by atoms with Crippen LogP contribution in [0, 0.1) is 0 Å². The molecule has 1 aliphatic rings. The van der Waals surface area contributed by atoms with E-state index in [2.05, 4.69) is 34.5 Å². The van der Waals surface area contributed by atoms with Gasteiger partial charge in [-0.15, -0.1) is 0 Å². The monoisotopic (exact) mass is 310 g/mol. The molecule has 4 heteroatoms. The molecule has 2 aromatic rings. The zero-order valence-electron chi connectivity index (χ0n) is 13.4. The Morgan fingerprint density at radius 3 is 2.61 bits per heavy atom. The van der Waals surface area contributed by atoms with Crippen LogP contribution in [0.25, 0.3) is 0 Å². The molecule has 1 saturated heterocycles. The second kappa shape index (κ2) is 7.29. The van der Waals surface area contributed by atoms with E-state index in [9.17, 15) is 4.79 Å². The van der Waals surface area contributed by atoms with Crippen molar-refractivity contribution in [3.8, 4) is 0 Å². The minimum atomic E-state index is -0.294. The SMILES string of the molecule is COC(=O)c1ccc(N2CCNCC2Cc2ccccc2)cc1. The largest absolute Gasteiger partial charge is 0.465 e. The van der Waals surface area contributed by atoms with Gasteiger partial charge in [0.05, 0.1) is 12.7 Å². The number of carbonyl (C=O) groups is 1. The molecule has 1 heterocycles. The van der Waals surface area contributed by atoms with Gasteiger partial charge in [0.2, 0.25) is 0 Å². The molecule has 1 fully saturated rings. The molecule has 1 unspecified atom stereocenters. The van der Waals surface area contributed by atoms with Crippen molar-refractivity contribution >= 4 is 11.7 Å². The molecule has 3 rings (SSSR count). The summed E-state index contributed by atoms with van der Waals surface area (Å²) in [7, 11) is 1.41. The van der Waals surface area contributed by atoms with Crippen LogP contribution in [0.2, 0.25) is 0 Å². The molecule has 1 N–H and O–H groups in total. The molecular weight excluding hydrogens is 288 g/mol. The highest BCUT2D eigenvalue weighted by atomic mass is 16.5. The summed E-state index contributed by atoms with van der Waals surface area (Å²) in [6.45, 7) is 2.91. The molecule has 2 aromatic carbocycles. The lowest BCUT2D eigenvalue weighted by molar-refractivity contribution is 0.0601. The molecule has 23 heavy (non-hydrogen) atoms. The highest BCUT2D eigenvalue weighted by molar-refractivity contribution is 5.89. The van der Waals surface area contributed by atoms with Gasteiger partial charge in [-0.2, -0.15) is 0 Å². The van der Waals surface area contributed by atoms with E-state index in [4.69, 9.17) is 4.74 Å². The van der Waals surface area contributed by atoms with Crippen LogP contribution in [-0.4, -0.2) is 38.8 Å². The van der Waals surface area contributed by atoms with Gasteiger partial charge in [-0.05, 0) is 36.2 Å². The van der Waals surface area contributed by atoms with Gasteiger partial charge in [-0.1, -0.05) is 30.3 Å².